The van der Waals surface area contributed by atoms with Crippen molar-refractivity contribution in [3.05, 3.63) is 23.8 Å². The fraction of sp³-hybridized carbons (Fsp3) is 0.375. The van der Waals surface area contributed by atoms with Crippen LogP contribution in [0.15, 0.2) is 23.8 Å². The fourth-order valence-corrected chi connectivity index (χ4v) is 0.918. The molecule has 0 saturated heterocycles. The molecule has 1 rings (SSSR count). The summed E-state index contributed by atoms with van der Waals surface area (Å²) < 4.78 is 0. The lowest BCUT2D eigenvalue weighted by atomic mass is 9.95. The lowest BCUT2D eigenvalue weighted by molar-refractivity contribution is -0.105. The molecule has 9 heavy (non-hydrogen) atoms. The number of hydrogen-bond donors (Lipinski definition) is 0. The van der Waals surface area contributed by atoms with E-state index in [0.29, 0.717) is 5.92 Å². The zero-order valence-electron chi connectivity index (χ0n) is 5.50. The predicted octanol–water partition coefficient (Wildman–Crippen LogP) is 1.71. The minimum Gasteiger partial charge on any atom is -0.298 e. The zero-order chi connectivity index (χ0) is 6.69. The fourth-order valence-electron chi connectivity index (χ4n) is 0.918. The van der Waals surface area contributed by atoms with Crippen molar-refractivity contribution in [2.45, 2.75) is 13.3 Å². The molecular formula is C8H10O. The Kier molecular flexibility index (Phi) is 1.83. The number of carbonyl (C=O) groups is 1. The average molecular weight is 122 g/mol. The summed E-state index contributed by atoms with van der Waals surface area (Å²) in [6.45, 7) is 2.06. The Balaban J connectivity index is 2.74. The summed E-state index contributed by atoms with van der Waals surface area (Å²) in [5.74, 6) is 0.424. The van der Waals surface area contributed by atoms with Crippen LogP contribution in [0.25, 0.3) is 0 Å². The number of aldehydes is 1. The minimum atomic E-state index is 0.424. The quantitative estimate of drug-likeness (QED) is 0.484. The number of rotatable bonds is 1. The molecule has 0 unspecified atom stereocenters. The highest BCUT2D eigenvalue weighted by Crippen LogP contribution is 2.16. The van der Waals surface area contributed by atoms with Crippen LogP contribution < -0.4 is 0 Å². The summed E-state index contributed by atoms with van der Waals surface area (Å²) in [5, 5.41) is 0. The Morgan fingerprint density at radius 1 is 1.78 bits per heavy atom. The molecule has 0 aromatic carbocycles. The van der Waals surface area contributed by atoms with Gasteiger partial charge in [0.15, 0.2) is 0 Å². The summed E-state index contributed by atoms with van der Waals surface area (Å²) in [4.78, 5) is 10.3. The molecule has 0 saturated carbocycles. The predicted molar refractivity (Wildman–Crippen MR) is 37.1 cm³/mol. The lowest BCUT2D eigenvalue weighted by Crippen LogP contribution is -2.01. The average Bonchev–Trinajstić information content (AvgIpc) is 1.89. The van der Waals surface area contributed by atoms with Crippen molar-refractivity contribution < 1.29 is 4.79 Å². The van der Waals surface area contributed by atoms with Gasteiger partial charge in [0.1, 0.15) is 6.29 Å². The third-order valence-electron chi connectivity index (χ3n) is 1.62. The molecule has 1 heteroatoms. The molecule has 0 aliphatic heterocycles. The molecule has 0 radical (unpaired) electrons. The van der Waals surface area contributed by atoms with Gasteiger partial charge >= 0.3 is 0 Å². The molecule has 0 amide bonds. The summed E-state index contributed by atoms with van der Waals surface area (Å²) in [7, 11) is 0. The van der Waals surface area contributed by atoms with E-state index in [1.165, 1.54) is 0 Å². The first kappa shape index (κ1) is 6.27. The van der Waals surface area contributed by atoms with Gasteiger partial charge in [0.05, 0.1) is 0 Å². The minimum absolute atomic E-state index is 0.424. The van der Waals surface area contributed by atoms with Crippen molar-refractivity contribution in [3.63, 3.8) is 0 Å². The largest absolute Gasteiger partial charge is 0.298 e. The molecule has 1 atom stereocenters. The van der Waals surface area contributed by atoms with Crippen molar-refractivity contribution in [2.75, 3.05) is 0 Å². The zero-order valence-corrected chi connectivity index (χ0v) is 5.50. The molecule has 0 aromatic heterocycles. The second kappa shape index (κ2) is 2.62. The molecular weight excluding hydrogens is 112 g/mol. The maximum absolute atomic E-state index is 10.3. The molecule has 0 aromatic rings. The van der Waals surface area contributed by atoms with Gasteiger partial charge in [-0.1, -0.05) is 25.2 Å². The molecule has 1 nitrogen and oxygen atoms in total. The molecule has 0 N–H and O–H groups in total. The van der Waals surface area contributed by atoms with Crippen LogP contribution in [-0.4, -0.2) is 6.29 Å². The Labute approximate surface area is 55.1 Å². The second-order valence-electron chi connectivity index (χ2n) is 2.35. The molecule has 0 bridgehead atoms. The summed E-state index contributed by atoms with van der Waals surface area (Å²) in [6, 6.07) is 0. The maximum atomic E-state index is 10.3. The van der Waals surface area contributed by atoms with Crippen molar-refractivity contribution in [2.24, 2.45) is 5.92 Å². The van der Waals surface area contributed by atoms with Gasteiger partial charge in [0.2, 0.25) is 0 Å². The highest BCUT2D eigenvalue weighted by Gasteiger charge is 2.06. The maximum Gasteiger partial charge on any atom is 0.146 e. The summed E-state index contributed by atoms with van der Waals surface area (Å²) in [6.07, 6.45) is 7.83. The third-order valence-corrected chi connectivity index (χ3v) is 1.62. The molecule has 0 fully saturated rings. The summed E-state index contributed by atoms with van der Waals surface area (Å²) >= 11 is 0. The number of carbonyl (C=O) groups excluding carboxylic acids is 1. The van der Waals surface area contributed by atoms with Gasteiger partial charge in [-0.2, -0.15) is 0 Å². The van der Waals surface area contributed by atoms with E-state index >= 15 is 0 Å². The normalized spacial score (nSPS) is 25.4. The van der Waals surface area contributed by atoms with Crippen LogP contribution in [0, 0.1) is 5.92 Å². The first-order chi connectivity index (χ1) is 4.34. The monoisotopic (exact) mass is 122 g/mol. The SMILES string of the molecule is C[C@@H]1CC=CC=C1C=O. The van der Waals surface area contributed by atoms with Crippen LogP contribution >= 0.6 is 0 Å². The Hall–Kier alpha value is -0.850. The smallest absolute Gasteiger partial charge is 0.146 e. The van der Waals surface area contributed by atoms with Gasteiger partial charge in [-0.3, -0.25) is 4.79 Å². The molecule has 0 heterocycles. The first-order valence-corrected chi connectivity index (χ1v) is 3.16. The Bertz CT molecular complexity index is 165. The van der Waals surface area contributed by atoms with E-state index < -0.39 is 0 Å². The number of allylic oxidation sites excluding steroid dienone is 4. The van der Waals surface area contributed by atoms with Crippen LogP contribution in [0.1, 0.15) is 13.3 Å². The van der Waals surface area contributed by atoms with Crippen molar-refractivity contribution in [3.8, 4) is 0 Å². The van der Waals surface area contributed by atoms with Crippen LogP contribution in [0.3, 0.4) is 0 Å². The van der Waals surface area contributed by atoms with Crippen LogP contribution in [0.2, 0.25) is 0 Å². The van der Waals surface area contributed by atoms with Gasteiger partial charge in [0, 0.05) is 0 Å². The van der Waals surface area contributed by atoms with E-state index in [4.69, 9.17) is 0 Å². The molecule has 1 aliphatic carbocycles. The van der Waals surface area contributed by atoms with Crippen LogP contribution in [0.5, 0.6) is 0 Å². The van der Waals surface area contributed by atoms with Gasteiger partial charge in [-0.05, 0) is 17.9 Å². The molecule has 1 aliphatic rings. The Morgan fingerprint density at radius 3 is 3.00 bits per heavy atom. The Morgan fingerprint density at radius 2 is 2.56 bits per heavy atom. The molecule has 0 spiro atoms. The van der Waals surface area contributed by atoms with Crippen molar-refractivity contribution in [1.82, 2.24) is 0 Å². The number of hydrogen-bond acceptors (Lipinski definition) is 1. The van der Waals surface area contributed by atoms with E-state index in [2.05, 4.69) is 13.0 Å². The lowest BCUT2D eigenvalue weighted by Gasteiger charge is -2.09. The van der Waals surface area contributed by atoms with E-state index in [1.54, 1.807) is 0 Å². The van der Waals surface area contributed by atoms with Gasteiger partial charge in [-0.15, -0.1) is 0 Å². The van der Waals surface area contributed by atoms with Crippen LogP contribution in [0.4, 0.5) is 0 Å². The highest BCUT2D eigenvalue weighted by atomic mass is 16.1. The highest BCUT2D eigenvalue weighted by molar-refractivity contribution is 5.74. The standard InChI is InChI=1S/C8H10O/c1-7-4-2-3-5-8(7)6-9/h2-3,5-7H,4H2,1H3/t7-/m1/s1. The van der Waals surface area contributed by atoms with Crippen molar-refractivity contribution >= 4 is 6.29 Å². The van der Waals surface area contributed by atoms with E-state index in [9.17, 15) is 4.79 Å². The van der Waals surface area contributed by atoms with E-state index in [1.807, 2.05) is 12.2 Å². The van der Waals surface area contributed by atoms with Gasteiger partial charge in [0.25, 0.3) is 0 Å². The molecule has 48 valence electrons. The van der Waals surface area contributed by atoms with E-state index in [-0.39, 0.29) is 0 Å². The topological polar surface area (TPSA) is 17.1 Å². The van der Waals surface area contributed by atoms with Crippen molar-refractivity contribution in [1.29, 1.82) is 0 Å². The van der Waals surface area contributed by atoms with E-state index in [0.717, 1.165) is 18.3 Å². The van der Waals surface area contributed by atoms with Crippen LogP contribution in [-0.2, 0) is 4.79 Å². The first-order valence-electron chi connectivity index (χ1n) is 3.16. The van der Waals surface area contributed by atoms with Gasteiger partial charge in [-0.25, -0.2) is 0 Å². The summed E-state index contributed by atoms with van der Waals surface area (Å²) in [5.41, 5.74) is 0.914. The second-order valence-corrected chi connectivity index (χ2v) is 2.35. The van der Waals surface area contributed by atoms with Gasteiger partial charge < -0.3 is 0 Å². The third kappa shape index (κ3) is 1.28.